The van der Waals surface area contributed by atoms with Gasteiger partial charge in [0.25, 0.3) is 0 Å². The van der Waals surface area contributed by atoms with E-state index in [1.165, 1.54) is 25.0 Å². The molecule has 1 aromatic carbocycles. The fraction of sp³-hybridized carbons (Fsp3) is 0.500. The molecule has 1 fully saturated rings. The summed E-state index contributed by atoms with van der Waals surface area (Å²) >= 11 is 3.37. The van der Waals surface area contributed by atoms with E-state index in [0.717, 1.165) is 28.8 Å². The maximum absolute atomic E-state index is 12.8. The minimum Gasteiger partial charge on any atom is -0.327 e. The summed E-state index contributed by atoms with van der Waals surface area (Å²) in [5.41, 5.74) is 7.16. The number of rotatable bonds is 4. The minimum atomic E-state index is -0.197. The van der Waals surface area contributed by atoms with Crippen molar-refractivity contribution >= 4 is 15.9 Å². The summed E-state index contributed by atoms with van der Waals surface area (Å²) in [6, 6.07) is 5.17. The quantitative estimate of drug-likeness (QED) is 0.894. The lowest BCUT2D eigenvalue weighted by molar-refractivity contribution is 0.549. The van der Waals surface area contributed by atoms with Crippen LogP contribution in [-0.2, 0) is 6.42 Å². The van der Waals surface area contributed by atoms with Crippen LogP contribution in [0.5, 0.6) is 0 Å². The molecule has 1 nitrogen and oxygen atoms in total. The van der Waals surface area contributed by atoms with Crippen molar-refractivity contribution in [1.82, 2.24) is 0 Å². The molecule has 0 radical (unpaired) electrons. The first kappa shape index (κ1) is 11.1. The normalized spacial score (nSPS) is 17.8. The van der Waals surface area contributed by atoms with E-state index in [0.29, 0.717) is 6.04 Å². The van der Waals surface area contributed by atoms with Crippen LogP contribution in [0.4, 0.5) is 4.39 Å². The summed E-state index contributed by atoms with van der Waals surface area (Å²) in [7, 11) is 0. The second-order valence-electron chi connectivity index (χ2n) is 4.28. The third-order valence-electron chi connectivity index (χ3n) is 2.99. The molecule has 1 aliphatic rings. The first-order valence-corrected chi connectivity index (χ1v) is 6.15. The van der Waals surface area contributed by atoms with Gasteiger partial charge in [-0.15, -0.1) is 0 Å². The average Bonchev–Trinajstić information content (AvgIpc) is 2.99. The maximum Gasteiger partial charge on any atom is 0.124 e. The van der Waals surface area contributed by atoms with Crippen molar-refractivity contribution in [2.75, 3.05) is 0 Å². The van der Waals surface area contributed by atoms with E-state index in [4.69, 9.17) is 5.73 Å². The Bertz CT molecular complexity index is 349. The average molecular weight is 272 g/mol. The molecule has 2 N–H and O–H groups in total. The van der Waals surface area contributed by atoms with E-state index in [1.54, 1.807) is 0 Å². The first-order valence-electron chi connectivity index (χ1n) is 5.36. The van der Waals surface area contributed by atoms with Gasteiger partial charge in [0.1, 0.15) is 5.82 Å². The van der Waals surface area contributed by atoms with Crippen molar-refractivity contribution in [3.05, 3.63) is 34.1 Å². The fourth-order valence-electron chi connectivity index (χ4n) is 1.81. The predicted octanol–water partition coefficient (Wildman–Crippen LogP) is 3.26. The molecule has 3 heteroatoms. The van der Waals surface area contributed by atoms with Gasteiger partial charge in [0.2, 0.25) is 0 Å². The Hall–Kier alpha value is -0.410. The number of nitrogens with two attached hydrogens (primary N) is 1. The second-order valence-corrected chi connectivity index (χ2v) is 5.13. The summed E-state index contributed by atoms with van der Waals surface area (Å²) in [6.45, 7) is 0. The molecule has 0 saturated heterocycles. The SMILES string of the molecule is NC(CCc1ccc(F)cc1Br)C1CC1. The molecule has 1 atom stereocenters. The zero-order chi connectivity index (χ0) is 10.8. The van der Waals surface area contributed by atoms with Gasteiger partial charge in [-0.05, 0) is 49.3 Å². The summed E-state index contributed by atoms with van der Waals surface area (Å²) in [6.07, 6.45) is 4.49. The zero-order valence-electron chi connectivity index (χ0n) is 8.55. The van der Waals surface area contributed by atoms with Gasteiger partial charge in [0.15, 0.2) is 0 Å². The zero-order valence-corrected chi connectivity index (χ0v) is 10.1. The van der Waals surface area contributed by atoms with E-state index < -0.39 is 0 Å². The van der Waals surface area contributed by atoms with E-state index in [2.05, 4.69) is 15.9 Å². The van der Waals surface area contributed by atoms with Crippen LogP contribution in [0.3, 0.4) is 0 Å². The highest BCUT2D eigenvalue weighted by Crippen LogP contribution is 2.33. The molecule has 0 amide bonds. The highest BCUT2D eigenvalue weighted by atomic mass is 79.9. The van der Waals surface area contributed by atoms with Gasteiger partial charge in [-0.2, -0.15) is 0 Å². The Morgan fingerprint density at radius 1 is 1.47 bits per heavy atom. The van der Waals surface area contributed by atoms with Crippen LogP contribution in [0.25, 0.3) is 0 Å². The van der Waals surface area contributed by atoms with Crippen LogP contribution < -0.4 is 5.73 Å². The third kappa shape index (κ3) is 3.02. The summed E-state index contributed by atoms with van der Waals surface area (Å²) in [4.78, 5) is 0. The lowest BCUT2D eigenvalue weighted by Crippen LogP contribution is -2.22. The van der Waals surface area contributed by atoms with Gasteiger partial charge in [-0.25, -0.2) is 4.39 Å². The van der Waals surface area contributed by atoms with Crippen LogP contribution in [-0.4, -0.2) is 6.04 Å². The molecule has 0 bridgehead atoms. The number of halogens is 2. The van der Waals surface area contributed by atoms with Crippen molar-refractivity contribution in [3.8, 4) is 0 Å². The number of hydrogen-bond acceptors (Lipinski definition) is 1. The standard InChI is InChI=1S/C12H15BrFN/c13-11-7-10(14)5-3-8(11)4-6-12(15)9-1-2-9/h3,5,7,9,12H,1-2,4,6,15H2. The van der Waals surface area contributed by atoms with Gasteiger partial charge in [-0.3, -0.25) is 0 Å². The molecular formula is C12H15BrFN. The van der Waals surface area contributed by atoms with E-state index in [9.17, 15) is 4.39 Å². The highest BCUT2D eigenvalue weighted by molar-refractivity contribution is 9.10. The van der Waals surface area contributed by atoms with Gasteiger partial charge in [0, 0.05) is 10.5 Å². The maximum atomic E-state index is 12.8. The van der Waals surface area contributed by atoms with E-state index >= 15 is 0 Å². The molecule has 1 aliphatic carbocycles. The molecule has 1 unspecified atom stereocenters. The van der Waals surface area contributed by atoms with Crippen molar-refractivity contribution < 1.29 is 4.39 Å². The smallest absolute Gasteiger partial charge is 0.124 e. The molecule has 0 spiro atoms. The van der Waals surface area contributed by atoms with Crippen molar-refractivity contribution in [3.63, 3.8) is 0 Å². The molecular weight excluding hydrogens is 257 g/mol. The monoisotopic (exact) mass is 271 g/mol. The number of aryl methyl sites for hydroxylation is 1. The molecule has 1 aromatic rings. The van der Waals surface area contributed by atoms with Crippen LogP contribution in [0.1, 0.15) is 24.8 Å². The Kier molecular flexibility index (Phi) is 3.42. The van der Waals surface area contributed by atoms with E-state index in [-0.39, 0.29) is 5.82 Å². The lowest BCUT2D eigenvalue weighted by Gasteiger charge is -2.10. The van der Waals surface area contributed by atoms with Gasteiger partial charge < -0.3 is 5.73 Å². The molecule has 1 saturated carbocycles. The van der Waals surface area contributed by atoms with Crippen LogP contribution in [0.2, 0.25) is 0 Å². The highest BCUT2D eigenvalue weighted by Gasteiger charge is 2.27. The van der Waals surface area contributed by atoms with Crippen molar-refractivity contribution in [2.45, 2.75) is 31.7 Å². The van der Waals surface area contributed by atoms with E-state index in [1.807, 2.05) is 6.07 Å². The number of benzene rings is 1. The Morgan fingerprint density at radius 3 is 2.80 bits per heavy atom. The largest absolute Gasteiger partial charge is 0.327 e. The van der Waals surface area contributed by atoms with Gasteiger partial charge in [0.05, 0.1) is 0 Å². The molecule has 2 rings (SSSR count). The van der Waals surface area contributed by atoms with Crippen molar-refractivity contribution in [2.24, 2.45) is 11.7 Å². The second kappa shape index (κ2) is 4.62. The Morgan fingerprint density at radius 2 is 2.20 bits per heavy atom. The van der Waals surface area contributed by atoms with Crippen LogP contribution in [0, 0.1) is 11.7 Å². The lowest BCUT2D eigenvalue weighted by atomic mass is 10.0. The third-order valence-corrected chi connectivity index (χ3v) is 3.73. The molecule has 15 heavy (non-hydrogen) atoms. The minimum absolute atomic E-state index is 0.197. The van der Waals surface area contributed by atoms with Crippen molar-refractivity contribution in [1.29, 1.82) is 0 Å². The Balaban J connectivity index is 1.92. The molecule has 0 aliphatic heterocycles. The van der Waals surface area contributed by atoms with Crippen LogP contribution >= 0.6 is 15.9 Å². The van der Waals surface area contributed by atoms with Gasteiger partial charge >= 0.3 is 0 Å². The Labute approximate surface area is 98.0 Å². The summed E-state index contributed by atoms with van der Waals surface area (Å²) in [5.74, 6) is 0.543. The first-order chi connectivity index (χ1) is 7.16. The molecule has 0 aromatic heterocycles. The predicted molar refractivity (Wildman–Crippen MR) is 63.1 cm³/mol. The van der Waals surface area contributed by atoms with Gasteiger partial charge in [-0.1, -0.05) is 22.0 Å². The fourth-order valence-corrected chi connectivity index (χ4v) is 2.36. The molecule has 0 heterocycles. The van der Waals surface area contributed by atoms with Crippen LogP contribution in [0.15, 0.2) is 22.7 Å². The topological polar surface area (TPSA) is 26.0 Å². The summed E-state index contributed by atoms with van der Waals surface area (Å²) < 4.78 is 13.7. The molecule has 82 valence electrons. The number of hydrogen-bond donors (Lipinski definition) is 1. The summed E-state index contributed by atoms with van der Waals surface area (Å²) in [5, 5.41) is 0.